The lowest BCUT2D eigenvalue weighted by Crippen LogP contribution is -2.29. The molecule has 1 aromatic rings. The molecule has 0 spiro atoms. The molecule has 0 bridgehead atoms. The highest BCUT2D eigenvalue weighted by Crippen LogP contribution is 2.30. The molecule has 0 saturated carbocycles. The van der Waals surface area contributed by atoms with Crippen molar-refractivity contribution in [1.82, 2.24) is 0 Å². The Balaban J connectivity index is 2.67. The summed E-state index contributed by atoms with van der Waals surface area (Å²) in [5, 5.41) is 0. The van der Waals surface area contributed by atoms with E-state index >= 15 is 0 Å². The summed E-state index contributed by atoms with van der Waals surface area (Å²) in [7, 11) is 0. The highest BCUT2D eigenvalue weighted by atomic mass is 32.1. The molecule has 86 valence electrons. The van der Waals surface area contributed by atoms with Crippen LogP contribution in [0.15, 0.2) is 12.1 Å². The van der Waals surface area contributed by atoms with E-state index in [4.69, 9.17) is 5.73 Å². The summed E-state index contributed by atoms with van der Waals surface area (Å²) in [6.45, 7) is 9.82. The van der Waals surface area contributed by atoms with Gasteiger partial charge in [0.05, 0.1) is 0 Å². The molecule has 1 nitrogen and oxygen atoms in total. The first-order valence-corrected chi connectivity index (χ1v) is 6.56. The molecule has 0 aliphatic rings. The second-order valence-corrected chi connectivity index (χ2v) is 6.48. The molecule has 0 radical (unpaired) electrons. The topological polar surface area (TPSA) is 26.0 Å². The normalized spacial score (nSPS) is 14.2. The number of aryl methyl sites for hydroxylation is 1. The molecule has 0 aromatic carbocycles. The zero-order valence-electron chi connectivity index (χ0n) is 10.3. The average Bonchev–Trinajstić information content (AvgIpc) is 2.59. The molecule has 2 heteroatoms. The van der Waals surface area contributed by atoms with Gasteiger partial charge in [-0.05, 0) is 42.9 Å². The van der Waals surface area contributed by atoms with Crippen LogP contribution in [0.25, 0.3) is 0 Å². The Bertz CT molecular complexity index is 296. The minimum Gasteiger partial charge on any atom is -0.330 e. The minimum atomic E-state index is 0.311. The maximum atomic E-state index is 5.85. The lowest BCUT2D eigenvalue weighted by molar-refractivity contribution is 0.247. The van der Waals surface area contributed by atoms with E-state index in [9.17, 15) is 0 Å². The molecule has 0 saturated heterocycles. The first kappa shape index (κ1) is 12.7. The Morgan fingerprint density at radius 3 is 2.27 bits per heavy atom. The van der Waals surface area contributed by atoms with Crippen LogP contribution >= 0.6 is 11.3 Å². The van der Waals surface area contributed by atoms with Crippen molar-refractivity contribution in [3.05, 3.63) is 21.9 Å². The zero-order valence-corrected chi connectivity index (χ0v) is 11.2. The fourth-order valence-electron chi connectivity index (χ4n) is 1.71. The number of nitrogens with two attached hydrogens (primary N) is 1. The highest BCUT2D eigenvalue weighted by Gasteiger charge is 2.23. The van der Waals surface area contributed by atoms with Crippen molar-refractivity contribution in [1.29, 1.82) is 0 Å². The van der Waals surface area contributed by atoms with Crippen molar-refractivity contribution < 1.29 is 0 Å². The van der Waals surface area contributed by atoms with Crippen LogP contribution in [0.5, 0.6) is 0 Å². The number of hydrogen-bond acceptors (Lipinski definition) is 2. The maximum absolute atomic E-state index is 5.85. The Hall–Kier alpha value is -0.340. The van der Waals surface area contributed by atoms with E-state index in [1.165, 1.54) is 9.75 Å². The molecule has 1 aromatic heterocycles. The quantitative estimate of drug-likeness (QED) is 0.834. The molecule has 0 fully saturated rings. The predicted molar refractivity (Wildman–Crippen MR) is 69.4 cm³/mol. The summed E-state index contributed by atoms with van der Waals surface area (Å²) in [6, 6.07) is 4.51. The van der Waals surface area contributed by atoms with Crippen molar-refractivity contribution >= 4 is 11.3 Å². The second kappa shape index (κ2) is 5.13. The molecule has 0 amide bonds. The van der Waals surface area contributed by atoms with Gasteiger partial charge in [0.2, 0.25) is 0 Å². The van der Waals surface area contributed by atoms with Crippen LogP contribution < -0.4 is 5.73 Å². The Labute approximate surface area is 97.7 Å². The fourth-order valence-corrected chi connectivity index (χ4v) is 2.75. The van der Waals surface area contributed by atoms with Gasteiger partial charge in [0.1, 0.15) is 0 Å². The zero-order chi connectivity index (χ0) is 11.5. The summed E-state index contributed by atoms with van der Waals surface area (Å²) < 4.78 is 0. The van der Waals surface area contributed by atoms with Crippen molar-refractivity contribution in [2.24, 2.45) is 17.1 Å². The average molecular weight is 225 g/mol. The van der Waals surface area contributed by atoms with E-state index in [2.05, 4.69) is 39.8 Å². The van der Waals surface area contributed by atoms with Crippen molar-refractivity contribution in [3.8, 4) is 0 Å². The van der Waals surface area contributed by atoms with Crippen molar-refractivity contribution in [2.45, 2.75) is 40.5 Å². The Morgan fingerprint density at radius 1 is 1.27 bits per heavy atom. The van der Waals surface area contributed by atoms with Gasteiger partial charge in [-0.3, -0.25) is 0 Å². The fraction of sp³-hybridized carbons (Fsp3) is 0.692. The Kier molecular flexibility index (Phi) is 4.35. The molecule has 1 unspecified atom stereocenters. The molecule has 15 heavy (non-hydrogen) atoms. The smallest absolute Gasteiger partial charge is 0.00516 e. The van der Waals surface area contributed by atoms with Crippen LogP contribution in [0, 0.1) is 11.3 Å². The first-order chi connectivity index (χ1) is 6.97. The van der Waals surface area contributed by atoms with Crippen LogP contribution in [0.3, 0.4) is 0 Å². The van der Waals surface area contributed by atoms with Crippen molar-refractivity contribution in [3.63, 3.8) is 0 Å². The summed E-state index contributed by atoms with van der Waals surface area (Å²) in [6.07, 6.45) is 2.28. The number of hydrogen-bond donors (Lipinski definition) is 1. The van der Waals surface area contributed by atoms with Crippen LogP contribution in [0.1, 0.15) is 37.4 Å². The van der Waals surface area contributed by atoms with Crippen LogP contribution in [-0.4, -0.2) is 6.54 Å². The lowest BCUT2D eigenvalue weighted by atomic mass is 9.78. The molecule has 2 N–H and O–H groups in total. The molecular formula is C13H23NS. The molecule has 0 aliphatic carbocycles. The maximum Gasteiger partial charge on any atom is 0.00516 e. The third-order valence-corrected chi connectivity index (χ3v) is 4.27. The SMILES string of the molecule is CCc1ccc(CC(CN)C(C)(C)C)s1. The van der Waals surface area contributed by atoms with Gasteiger partial charge in [0, 0.05) is 9.75 Å². The third kappa shape index (κ3) is 3.62. The van der Waals surface area contributed by atoms with Gasteiger partial charge < -0.3 is 5.73 Å². The first-order valence-electron chi connectivity index (χ1n) is 5.75. The largest absolute Gasteiger partial charge is 0.330 e. The van der Waals surface area contributed by atoms with Gasteiger partial charge >= 0.3 is 0 Å². The second-order valence-electron chi connectivity index (χ2n) is 5.22. The highest BCUT2D eigenvalue weighted by molar-refractivity contribution is 7.11. The molecule has 1 heterocycles. The van der Waals surface area contributed by atoms with Gasteiger partial charge in [-0.15, -0.1) is 11.3 Å². The van der Waals surface area contributed by atoms with E-state index in [0.29, 0.717) is 11.3 Å². The molecule has 1 atom stereocenters. The van der Waals surface area contributed by atoms with E-state index in [1.54, 1.807) is 0 Å². The van der Waals surface area contributed by atoms with Crippen LogP contribution in [-0.2, 0) is 12.8 Å². The van der Waals surface area contributed by atoms with Crippen LogP contribution in [0.2, 0.25) is 0 Å². The summed E-state index contributed by atoms with van der Waals surface area (Å²) in [4.78, 5) is 2.96. The standard InChI is InChI=1S/C13H23NS/c1-5-11-6-7-12(15-11)8-10(9-14)13(2,3)4/h6-7,10H,5,8-9,14H2,1-4H3. The van der Waals surface area contributed by atoms with Gasteiger partial charge in [-0.2, -0.15) is 0 Å². The molecule has 0 aliphatic heterocycles. The number of thiophene rings is 1. The van der Waals surface area contributed by atoms with E-state index in [-0.39, 0.29) is 0 Å². The van der Waals surface area contributed by atoms with Gasteiger partial charge in [-0.1, -0.05) is 27.7 Å². The predicted octanol–water partition coefficient (Wildman–Crippen LogP) is 3.47. The monoisotopic (exact) mass is 225 g/mol. The van der Waals surface area contributed by atoms with Crippen molar-refractivity contribution in [2.75, 3.05) is 6.54 Å². The van der Waals surface area contributed by atoms with Gasteiger partial charge in [0.15, 0.2) is 0 Å². The summed E-state index contributed by atoms with van der Waals surface area (Å²) in [5.74, 6) is 0.584. The lowest BCUT2D eigenvalue weighted by Gasteiger charge is -2.29. The summed E-state index contributed by atoms with van der Waals surface area (Å²) >= 11 is 1.94. The number of rotatable bonds is 4. The Morgan fingerprint density at radius 2 is 1.87 bits per heavy atom. The van der Waals surface area contributed by atoms with Gasteiger partial charge in [-0.25, -0.2) is 0 Å². The molecular weight excluding hydrogens is 202 g/mol. The minimum absolute atomic E-state index is 0.311. The third-order valence-electron chi connectivity index (χ3n) is 3.02. The summed E-state index contributed by atoms with van der Waals surface area (Å²) in [5.41, 5.74) is 6.16. The van der Waals surface area contributed by atoms with E-state index in [0.717, 1.165) is 19.4 Å². The molecule has 1 rings (SSSR count). The van der Waals surface area contributed by atoms with Gasteiger partial charge in [0.25, 0.3) is 0 Å². The van der Waals surface area contributed by atoms with E-state index in [1.807, 2.05) is 11.3 Å². The van der Waals surface area contributed by atoms with Crippen LogP contribution in [0.4, 0.5) is 0 Å². The van der Waals surface area contributed by atoms with E-state index < -0.39 is 0 Å².